The van der Waals surface area contributed by atoms with Gasteiger partial charge in [0.25, 0.3) is 0 Å². The van der Waals surface area contributed by atoms with Crippen LogP contribution in [0.25, 0.3) is 0 Å². The molecule has 0 heterocycles. The molecule has 0 spiro atoms. The molecule has 2 heteroatoms. The van der Waals surface area contributed by atoms with Gasteiger partial charge in [0.15, 0.2) is 0 Å². The molecule has 3 saturated carbocycles. The Hall–Kier alpha value is 0.440. The van der Waals surface area contributed by atoms with Crippen LogP contribution in [0, 0.1) is 28.1 Å². The summed E-state index contributed by atoms with van der Waals surface area (Å²) in [6, 6.07) is 0. The molecule has 3 aliphatic carbocycles. The molecule has 0 unspecified atom stereocenters. The SMILES string of the molecule is CC1(C)[C@@H]2[C@@H](O)[C@]3(C)CC[C@@H](Br)[C@]3(C)CC[C@@H]21. The second kappa shape index (κ2) is 3.30. The largest absolute Gasteiger partial charge is 0.392 e. The number of alkyl halides is 1. The first-order valence-electron chi connectivity index (χ1n) is 7.07. The van der Waals surface area contributed by atoms with E-state index in [0.717, 1.165) is 5.92 Å². The second-order valence-corrected chi connectivity index (χ2v) is 8.88. The standard InChI is InChI=1S/C15H25BrO/c1-13(2)9-5-7-14(3)10(16)6-8-15(14,4)12(17)11(9)13/h9-12,17H,5-8H2,1-4H3/t9-,10+,11-,12+,14-,15-/m0/s1. The number of hydrogen-bond acceptors (Lipinski definition) is 1. The van der Waals surface area contributed by atoms with Gasteiger partial charge < -0.3 is 5.11 Å². The predicted octanol–water partition coefficient (Wildman–Crippen LogP) is 3.98. The average molecular weight is 301 g/mol. The Labute approximate surface area is 113 Å². The molecule has 0 aromatic heterocycles. The minimum atomic E-state index is -0.0995. The third kappa shape index (κ3) is 1.30. The summed E-state index contributed by atoms with van der Waals surface area (Å²) < 4.78 is 0. The van der Waals surface area contributed by atoms with Crippen molar-refractivity contribution < 1.29 is 5.11 Å². The fourth-order valence-electron chi connectivity index (χ4n) is 5.13. The van der Waals surface area contributed by atoms with Crippen molar-refractivity contribution in [1.29, 1.82) is 0 Å². The molecule has 3 aliphatic rings. The molecule has 0 radical (unpaired) electrons. The van der Waals surface area contributed by atoms with Crippen LogP contribution in [0.2, 0.25) is 0 Å². The van der Waals surface area contributed by atoms with Crippen molar-refractivity contribution in [2.24, 2.45) is 28.1 Å². The van der Waals surface area contributed by atoms with E-state index in [9.17, 15) is 5.11 Å². The monoisotopic (exact) mass is 300 g/mol. The van der Waals surface area contributed by atoms with Crippen LogP contribution in [0.1, 0.15) is 53.4 Å². The minimum absolute atomic E-state index is 0.0995. The summed E-state index contributed by atoms with van der Waals surface area (Å²) in [4.78, 5) is 0.593. The zero-order valence-electron chi connectivity index (χ0n) is 11.5. The van der Waals surface area contributed by atoms with E-state index < -0.39 is 0 Å². The molecule has 0 aliphatic heterocycles. The third-order valence-corrected chi connectivity index (χ3v) is 8.49. The molecule has 0 amide bonds. The summed E-state index contributed by atoms with van der Waals surface area (Å²) in [5.74, 6) is 1.31. The van der Waals surface area contributed by atoms with Crippen LogP contribution in [0.4, 0.5) is 0 Å². The molecule has 3 rings (SSSR count). The van der Waals surface area contributed by atoms with Gasteiger partial charge in [-0.25, -0.2) is 0 Å². The normalized spacial score (nSPS) is 60.4. The van der Waals surface area contributed by atoms with Crippen LogP contribution >= 0.6 is 15.9 Å². The summed E-state index contributed by atoms with van der Waals surface area (Å²) in [6.45, 7) is 9.44. The van der Waals surface area contributed by atoms with Gasteiger partial charge in [-0.15, -0.1) is 0 Å². The highest BCUT2D eigenvalue weighted by atomic mass is 79.9. The number of fused-ring (bicyclic) bond motifs is 2. The summed E-state index contributed by atoms with van der Waals surface area (Å²) in [5, 5.41) is 10.9. The molecule has 0 bridgehead atoms. The van der Waals surface area contributed by atoms with Gasteiger partial charge >= 0.3 is 0 Å². The van der Waals surface area contributed by atoms with E-state index in [1.54, 1.807) is 0 Å². The average Bonchev–Trinajstić information content (AvgIpc) is 2.75. The first-order chi connectivity index (χ1) is 7.75. The van der Waals surface area contributed by atoms with E-state index in [1.165, 1.54) is 25.7 Å². The summed E-state index contributed by atoms with van der Waals surface area (Å²) >= 11 is 3.89. The molecule has 1 nitrogen and oxygen atoms in total. The number of aliphatic hydroxyl groups excluding tert-OH is 1. The van der Waals surface area contributed by atoms with E-state index >= 15 is 0 Å². The lowest BCUT2D eigenvalue weighted by molar-refractivity contribution is -0.0503. The quantitative estimate of drug-likeness (QED) is 0.671. The van der Waals surface area contributed by atoms with Crippen molar-refractivity contribution in [3.63, 3.8) is 0 Å². The highest BCUT2D eigenvalue weighted by molar-refractivity contribution is 9.09. The van der Waals surface area contributed by atoms with Crippen molar-refractivity contribution >= 4 is 15.9 Å². The second-order valence-electron chi connectivity index (χ2n) is 7.78. The van der Waals surface area contributed by atoms with Gasteiger partial charge in [-0.05, 0) is 48.3 Å². The Morgan fingerprint density at radius 2 is 1.59 bits per heavy atom. The zero-order chi connectivity index (χ0) is 12.6. The van der Waals surface area contributed by atoms with Crippen LogP contribution < -0.4 is 0 Å². The first-order valence-corrected chi connectivity index (χ1v) is 7.99. The predicted molar refractivity (Wildman–Crippen MR) is 74.2 cm³/mol. The van der Waals surface area contributed by atoms with E-state index in [4.69, 9.17) is 0 Å². The van der Waals surface area contributed by atoms with E-state index in [-0.39, 0.29) is 16.9 Å². The fourth-order valence-corrected chi connectivity index (χ4v) is 6.11. The Morgan fingerprint density at radius 1 is 1.00 bits per heavy atom. The van der Waals surface area contributed by atoms with Gasteiger partial charge in [0, 0.05) is 10.2 Å². The van der Waals surface area contributed by atoms with E-state index in [0.29, 0.717) is 16.2 Å². The molecule has 98 valence electrons. The number of halogens is 1. The zero-order valence-corrected chi connectivity index (χ0v) is 13.0. The number of aliphatic hydroxyl groups is 1. The van der Waals surface area contributed by atoms with Crippen LogP contribution in [-0.2, 0) is 0 Å². The molecule has 0 aromatic carbocycles. The number of hydrogen-bond donors (Lipinski definition) is 1. The first kappa shape index (κ1) is 12.5. The maximum absolute atomic E-state index is 10.9. The summed E-state index contributed by atoms with van der Waals surface area (Å²) in [5.41, 5.74) is 0.790. The van der Waals surface area contributed by atoms with Crippen molar-refractivity contribution in [1.82, 2.24) is 0 Å². The Bertz CT molecular complexity index is 353. The van der Waals surface area contributed by atoms with Crippen molar-refractivity contribution in [3.8, 4) is 0 Å². The minimum Gasteiger partial charge on any atom is -0.392 e. The summed E-state index contributed by atoms with van der Waals surface area (Å²) in [6.07, 6.45) is 4.89. The van der Waals surface area contributed by atoms with Crippen molar-refractivity contribution in [2.45, 2.75) is 64.3 Å². The smallest absolute Gasteiger partial charge is 0.0635 e. The van der Waals surface area contributed by atoms with Gasteiger partial charge in [-0.2, -0.15) is 0 Å². The van der Waals surface area contributed by atoms with Gasteiger partial charge in [0.05, 0.1) is 6.10 Å². The molecule has 0 saturated heterocycles. The van der Waals surface area contributed by atoms with Crippen LogP contribution in [-0.4, -0.2) is 16.0 Å². The number of rotatable bonds is 0. The molecular formula is C15H25BrO. The topological polar surface area (TPSA) is 20.2 Å². The Morgan fingerprint density at radius 3 is 2.24 bits per heavy atom. The Balaban J connectivity index is 1.99. The highest BCUT2D eigenvalue weighted by Gasteiger charge is 2.70. The van der Waals surface area contributed by atoms with Crippen molar-refractivity contribution in [3.05, 3.63) is 0 Å². The molecule has 1 N–H and O–H groups in total. The Kier molecular flexibility index (Phi) is 2.42. The molecule has 6 atom stereocenters. The van der Waals surface area contributed by atoms with E-state index in [1.807, 2.05) is 0 Å². The summed E-state index contributed by atoms with van der Waals surface area (Å²) in [7, 11) is 0. The van der Waals surface area contributed by atoms with Crippen molar-refractivity contribution in [2.75, 3.05) is 0 Å². The van der Waals surface area contributed by atoms with Gasteiger partial charge in [0.1, 0.15) is 0 Å². The molecule has 0 aromatic rings. The van der Waals surface area contributed by atoms with E-state index in [2.05, 4.69) is 43.6 Å². The van der Waals surface area contributed by atoms with Crippen LogP contribution in [0.3, 0.4) is 0 Å². The van der Waals surface area contributed by atoms with Crippen LogP contribution in [0.15, 0.2) is 0 Å². The molecule has 3 fully saturated rings. The lowest BCUT2D eigenvalue weighted by Gasteiger charge is -2.46. The van der Waals surface area contributed by atoms with Crippen LogP contribution in [0.5, 0.6) is 0 Å². The lowest BCUT2D eigenvalue weighted by Crippen LogP contribution is -2.46. The van der Waals surface area contributed by atoms with Gasteiger partial charge in [-0.3, -0.25) is 0 Å². The fraction of sp³-hybridized carbons (Fsp3) is 1.00. The highest BCUT2D eigenvalue weighted by Crippen LogP contribution is 2.72. The van der Waals surface area contributed by atoms with Gasteiger partial charge in [0.2, 0.25) is 0 Å². The molecular weight excluding hydrogens is 276 g/mol. The lowest BCUT2D eigenvalue weighted by atomic mass is 9.62. The van der Waals surface area contributed by atoms with Gasteiger partial charge in [-0.1, -0.05) is 43.6 Å². The molecule has 17 heavy (non-hydrogen) atoms. The maximum Gasteiger partial charge on any atom is 0.0635 e. The third-order valence-electron chi connectivity index (χ3n) is 7.02. The maximum atomic E-state index is 10.9.